The van der Waals surface area contributed by atoms with Crippen LogP contribution in [0.25, 0.3) is 0 Å². The van der Waals surface area contributed by atoms with Gasteiger partial charge in [0.2, 0.25) is 5.91 Å². The van der Waals surface area contributed by atoms with Gasteiger partial charge >= 0.3 is 5.97 Å². The van der Waals surface area contributed by atoms with Crippen LogP contribution in [0, 0.1) is 17.8 Å². The third kappa shape index (κ3) is 3.69. The van der Waals surface area contributed by atoms with Crippen LogP contribution in [0.5, 0.6) is 0 Å². The van der Waals surface area contributed by atoms with E-state index in [1.165, 1.54) is 0 Å². The van der Waals surface area contributed by atoms with Gasteiger partial charge in [-0.1, -0.05) is 6.92 Å². The minimum atomic E-state index is -0.844. The van der Waals surface area contributed by atoms with Gasteiger partial charge < -0.3 is 15.2 Å². The van der Waals surface area contributed by atoms with E-state index in [0.717, 1.165) is 25.9 Å². The van der Waals surface area contributed by atoms with Crippen molar-refractivity contribution in [3.05, 3.63) is 0 Å². The molecule has 5 heteroatoms. The number of nitrogens with one attached hydrogen (secondary N) is 1. The lowest BCUT2D eigenvalue weighted by molar-refractivity contribution is -0.146. The van der Waals surface area contributed by atoms with Crippen LogP contribution >= 0.6 is 0 Å². The molecule has 19 heavy (non-hydrogen) atoms. The second-order valence-corrected chi connectivity index (χ2v) is 5.84. The molecule has 1 aliphatic heterocycles. The zero-order valence-corrected chi connectivity index (χ0v) is 11.4. The quantitative estimate of drug-likeness (QED) is 0.791. The molecular formula is C14H23NO4. The fraction of sp³-hybridized carbons (Fsp3) is 0.857. The maximum Gasteiger partial charge on any atom is 0.307 e. The molecule has 2 rings (SSSR count). The molecule has 2 fully saturated rings. The Bertz CT molecular complexity index is 338. The Balaban J connectivity index is 1.76. The molecule has 4 atom stereocenters. The summed E-state index contributed by atoms with van der Waals surface area (Å²) in [5.41, 5.74) is 0. The van der Waals surface area contributed by atoms with E-state index in [-0.39, 0.29) is 17.9 Å². The molecule has 1 heterocycles. The SMILES string of the molecule is CC1C[C@H](C(=O)NCCC2CCCO2)[C@H](C(=O)O)C1. The van der Waals surface area contributed by atoms with Gasteiger partial charge in [-0.2, -0.15) is 0 Å². The molecule has 0 aromatic heterocycles. The summed E-state index contributed by atoms with van der Waals surface area (Å²) in [5.74, 6) is -1.51. The van der Waals surface area contributed by atoms with Crippen molar-refractivity contribution in [3.8, 4) is 0 Å². The highest BCUT2D eigenvalue weighted by Gasteiger charge is 2.41. The molecule has 0 aromatic rings. The van der Waals surface area contributed by atoms with E-state index in [1.54, 1.807) is 0 Å². The molecule has 2 unspecified atom stereocenters. The number of carbonyl (C=O) groups excluding carboxylic acids is 1. The highest BCUT2D eigenvalue weighted by atomic mass is 16.5. The molecule has 108 valence electrons. The Hall–Kier alpha value is -1.10. The smallest absolute Gasteiger partial charge is 0.307 e. The second kappa shape index (κ2) is 6.37. The van der Waals surface area contributed by atoms with Crippen LogP contribution in [0.2, 0.25) is 0 Å². The van der Waals surface area contributed by atoms with E-state index >= 15 is 0 Å². The van der Waals surface area contributed by atoms with E-state index < -0.39 is 11.9 Å². The van der Waals surface area contributed by atoms with Gasteiger partial charge in [-0.05, 0) is 38.0 Å². The summed E-state index contributed by atoms with van der Waals surface area (Å²) in [6.07, 6.45) is 4.54. The van der Waals surface area contributed by atoms with E-state index in [4.69, 9.17) is 9.84 Å². The first-order valence-corrected chi connectivity index (χ1v) is 7.20. The van der Waals surface area contributed by atoms with Crippen molar-refractivity contribution < 1.29 is 19.4 Å². The molecule has 2 N–H and O–H groups in total. The molecule has 1 aliphatic carbocycles. The minimum Gasteiger partial charge on any atom is -0.481 e. The van der Waals surface area contributed by atoms with Gasteiger partial charge in [0.1, 0.15) is 0 Å². The van der Waals surface area contributed by atoms with Crippen molar-refractivity contribution in [2.24, 2.45) is 17.8 Å². The van der Waals surface area contributed by atoms with Gasteiger partial charge in [-0.3, -0.25) is 9.59 Å². The summed E-state index contributed by atoms with van der Waals surface area (Å²) in [4.78, 5) is 23.2. The van der Waals surface area contributed by atoms with Gasteiger partial charge in [0.05, 0.1) is 17.9 Å². The van der Waals surface area contributed by atoms with E-state index in [2.05, 4.69) is 5.32 Å². The van der Waals surface area contributed by atoms with Crippen molar-refractivity contribution in [3.63, 3.8) is 0 Å². The van der Waals surface area contributed by atoms with Crippen LogP contribution in [0.4, 0.5) is 0 Å². The number of aliphatic carboxylic acids is 1. The largest absolute Gasteiger partial charge is 0.481 e. The maximum atomic E-state index is 12.1. The molecule has 2 aliphatic rings. The van der Waals surface area contributed by atoms with Crippen molar-refractivity contribution >= 4 is 11.9 Å². The Morgan fingerprint density at radius 1 is 1.32 bits per heavy atom. The van der Waals surface area contributed by atoms with Crippen molar-refractivity contribution in [2.75, 3.05) is 13.2 Å². The topological polar surface area (TPSA) is 75.6 Å². The predicted molar refractivity (Wildman–Crippen MR) is 69.6 cm³/mol. The van der Waals surface area contributed by atoms with Crippen molar-refractivity contribution in [1.29, 1.82) is 0 Å². The average molecular weight is 269 g/mol. The second-order valence-electron chi connectivity index (χ2n) is 5.84. The first-order chi connectivity index (χ1) is 9.08. The summed E-state index contributed by atoms with van der Waals surface area (Å²) in [6, 6.07) is 0. The number of hydrogen-bond acceptors (Lipinski definition) is 3. The lowest BCUT2D eigenvalue weighted by Crippen LogP contribution is -2.36. The van der Waals surface area contributed by atoms with Crippen LogP contribution in [0.15, 0.2) is 0 Å². The van der Waals surface area contributed by atoms with Crippen LogP contribution in [0.3, 0.4) is 0 Å². The third-order valence-corrected chi connectivity index (χ3v) is 4.24. The number of carboxylic acids is 1. The number of carbonyl (C=O) groups is 2. The van der Waals surface area contributed by atoms with Crippen LogP contribution in [-0.4, -0.2) is 36.2 Å². The first-order valence-electron chi connectivity index (χ1n) is 7.20. The summed E-state index contributed by atoms with van der Waals surface area (Å²) >= 11 is 0. The highest BCUT2D eigenvalue weighted by Crippen LogP contribution is 2.36. The number of carboxylic acid groups (broad SMARTS) is 1. The fourth-order valence-electron chi connectivity index (χ4n) is 3.21. The number of rotatable bonds is 5. The Kier molecular flexibility index (Phi) is 4.80. The molecule has 1 amide bonds. The number of amides is 1. The van der Waals surface area contributed by atoms with Crippen molar-refractivity contribution in [1.82, 2.24) is 5.32 Å². The van der Waals surface area contributed by atoms with E-state index in [0.29, 0.717) is 25.3 Å². The van der Waals surface area contributed by atoms with Gasteiger partial charge in [0.15, 0.2) is 0 Å². The normalized spacial score (nSPS) is 34.4. The summed E-state index contributed by atoms with van der Waals surface area (Å²) < 4.78 is 5.49. The highest BCUT2D eigenvalue weighted by molar-refractivity contribution is 5.85. The molecule has 0 spiro atoms. The zero-order valence-electron chi connectivity index (χ0n) is 11.4. The lowest BCUT2D eigenvalue weighted by Gasteiger charge is -2.16. The summed E-state index contributed by atoms with van der Waals surface area (Å²) in [6.45, 7) is 3.41. The fourth-order valence-corrected chi connectivity index (χ4v) is 3.21. The standard InChI is InChI=1S/C14H23NO4/c1-9-7-11(12(8-9)14(17)18)13(16)15-5-4-10-3-2-6-19-10/h9-12H,2-8H2,1H3,(H,15,16)(H,17,18)/t9?,10?,11-,12+/m0/s1. The third-order valence-electron chi connectivity index (χ3n) is 4.24. The molecule has 0 bridgehead atoms. The lowest BCUT2D eigenvalue weighted by atomic mass is 9.95. The van der Waals surface area contributed by atoms with E-state index in [9.17, 15) is 9.59 Å². The number of hydrogen-bond donors (Lipinski definition) is 2. The first kappa shape index (κ1) is 14.3. The monoisotopic (exact) mass is 269 g/mol. The van der Waals surface area contributed by atoms with Crippen LogP contribution in [0.1, 0.15) is 39.0 Å². The molecule has 1 saturated carbocycles. The Morgan fingerprint density at radius 3 is 2.68 bits per heavy atom. The molecule has 5 nitrogen and oxygen atoms in total. The van der Waals surface area contributed by atoms with E-state index in [1.807, 2.05) is 6.92 Å². The van der Waals surface area contributed by atoms with Gasteiger partial charge in [-0.15, -0.1) is 0 Å². The molecule has 1 saturated heterocycles. The van der Waals surface area contributed by atoms with Gasteiger partial charge in [0.25, 0.3) is 0 Å². The maximum absolute atomic E-state index is 12.1. The molecule has 0 aromatic carbocycles. The average Bonchev–Trinajstić information content (AvgIpc) is 2.98. The predicted octanol–water partition coefficient (Wildman–Crippen LogP) is 1.42. The van der Waals surface area contributed by atoms with Crippen LogP contribution in [-0.2, 0) is 14.3 Å². The minimum absolute atomic E-state index is 0.102. The van der Waals surface area contributed by atoms with Gasteiger partial charge in [-0.25, -0.2) is 0 Å². The number of ether oxygens (including phenoxy) is 1. The Labute approximate surface area is 113 Å². The Morgan fingerprint density at radius 2 is 2.05 bits per heavy atom. The molecule has 0 radical (unpaired) electrons. The molecular weight excluding hydrogens is 246 g/mol. The van der Waals surface area contributed by atoms with Crippen LogP contribution < -0.4 is 5.32 Å². The summed E-state index contributed by atoms with van der Waals surface area (Å²) in [7, 11) is 0. The zero-order chi connectivity index (χ0) is 13.8. The van der Waals surface area contributed by atoms with Gasteiger partial charge in [0, 0.05) is 13.2 Å². The van der Waals surface area contributed by atoms with Crippen molar-refractivity contribution in [2.45, 2.75) is 45.1 Å². The summed E-state index contributed by atoms with van der Waals surface area (Å²) in [5, 5.41) is 12.0.